The van der Waals surface area contributed by atoms with Crippen molar-refractivity contribution >= 4 is 0 Å². The summed E-state index contributed by atoms with van der Waals surface area (Å²) in [7, 11) is 0. The van der Waals surface area contributed by atoms with Crippen LogP contribution < -0.4 is 0 Å². The molecule has 1 aliphatic carbocycles. The van der Waals surface area contributed by atoms with Crippen molar-refractivity contribution in [1.82, 2.24) is 0 Å². The van der Waals surface area contributed by atoms with Crippen LogP contribution in [0.1, 0.15) is 68.9 Å². The summed E-state index contributed by atoms with van der Waals surface area (Å²) < 4.78 is 5.63. The minimum Gasteiger partial charge on any atom is -0.376 e. The van der Waals surface area contributed by atoms with Gasteiger partial charge in [-0.3, -0.25) is 0 Å². The molecule has 0 bridgehead atoms. The SMILES string of the molecule is C=CCCOCc1ccc([C@H]2CC[C@H](/C=C/CCC)CC2)cc1. The molecule has 1 aliphatic rings. The summed E-state index contributed by atoms with van der Waals surface area (Å²) in [4.78, 5) is 0. The van der Waals surface area contributed by atoms with Gasteiger partial charge in [0.1, 0.15) is 0 Å². The van der Waals surface area contributed by atoms with Gasteiger partial charge in [0.25, 0.3) is 0 Å². The Kier molecular flexibility index (Phi) is 8.17. The number of rotatable bonds is 9. The molecule has 1 nitrogen and oxygen atoms in total. The average molecular weight is 312 g/mol. The molecule has 0 radical (unpaired) electrons. The van der Waals surface area contributed by atoms with Crippen molar-refractivity contribution in [2.75, 3.05) is 6.61 Å². The lowest BCUT2D eigenvalue weighted by Crippen LogP contribution is -2.11. The fraction of sp³-hybridized carbons (Fsp3) is 0.545. The van der Waals surface area contributed by atoms with Gasteiger partial charge in [0.05, 0.1) is 13.2 Å². The Bertz CT molecular complexity index is 463. The molecule has 1 aromatic rings. The van der Waals surface area contributed by atoms with Crippen LogP contribution in [0.4, 0.5) is 0 Å². The summed E-state index contributed by atoms with van der Waals surface area (Å²) >= 11 is 0. The van der Waals surface area contributed by atoms with Gasteiger partial charge in [0.15, 0.2) is 0 Å². The van der Waals surface area contributed by atoms with Gasteiger partial charge < -0.3 is 4.74 Å². The van der Waals surface area contributed by atoms with Crippen molar-refractivity contribution in [2.24, 2.45) is 5.92 Å². The van der Waals surface area contributed by atoms with E-state index in [2.05, 4.69) is 49.9 Å². The van der Waals surface area contributed by atoms with Crippen LogP contribution in [-0.2, 0) is 11.3 Å². The second kappa shape index (κ2) is 10.4. The standard InChI is InChI=1S/C22H32O/c1-3-5-7-8-19-9-13-21(14-10-19)22-15-11-20(12-16-22)18-23-17-6-4-2/h4,7-8,11-12,15-16,19,21H,2-3,5-6,9-10,13-14,17-18H2,1H3/b8-7+/t19-,21-. The van der Waals surface area contributed by atoms with Gasteiger partial charge in [-0.15, -0.1) is 6.58 Å². The molecule has 0 spiro atoms. The molecule has 1 fully saturated rings. The summed E-state index contributed by atoms with van der Waals surface area (Å²) in [5.41, 5.74) is 2.78. The topological polar surface area (TPSA) is 9.23 Å². The summed E-state index contributed by atoms with van der Waals surface area (Å²) in [5.74, 6) is 1.57. The Hall–Kier alpha value is -1.34. The second-order valence-corrected chi connectivity index (χ2v) is 6.70. The molecule has 1 heteroatoms. The molecule has 0 heterocycles. The van der Waals surface area contributed by atoms with Crippen molar-refractivity contribution in [1.29, 1.82) is 0 Å². The maximum Gasteiger partial charge on any atom is 0.0717 e. The van der Waals surface area contributed by atoms with Crippen molar-refractivity contribution in [3.63, 3.8) is 0 Å². The monoisotopic (exact) mass is 312 g/mol. The molecule has 126 valence electrons. The normalized spacial score (nSPS) is 21.6. The lowest BCUT2D eigenvalue weighted by atomic mass is 9.78. The van der Waals surface area contributed by atoms with Gasteiger partial charge in [-0.2, -0.15) is 0 Å². The Morgan fingerprint density at radius 3 is 2.48 bits per heavy atom. The van der Waals surface area contributed by atoms with Crippen LogP contribution in [0.3, 0.4) is 0 Å². The predicted octanol–water partition coefficient (Wildman–Crippen LogP) is 6.41. The molecule has 1 aromatic carbocycles. The third-order valence-corrected chi connectivity index (χ3v) is 4.82. The largest absolute Gasteiger partial charge is 0.376 e. The van der Waals surface area contributed by atoms with E-state index in [1.54, 1.807) is 0 Å². The first kappa shape index (κ1) is 18.0. The molecule has 0 amide bonds. The highest BCUT2D eigenvalue weighted by Gasteiger charge is 2.20. The van der Waals surface area contributed by atoms with Crippen molar-refractivity contribution in [2.45, 2.75) is 64.4 Å². The quantitative estimate of drug-likeness (QED) is 0.378. The highest BCUT2D eigenvalue weighted by molar-refractivity contribution is 5.25. The van der Waals surface area contributed by atoms with Crippen LogP contribution in [0.15, 0.2) is 49.1 Å². The van der Waals surface area contributed by atoms with E-state index in [-0.39, 0.29) is 0 Å². The number of hydrogen-bond acceptors (Lipinski definition) is 1. The van der Waals surface area contributed by atoms with E-state index in [9.17, 15) is 0 Å². The fourth-order valence-corrected chi connectivity index (χ4v) is 3.34. The first-order valence-corrected chi connectivity index (χ1v) is 9.27. The Labute approximate surface area is 142 Å². The minimum atomic E-state index is 0.711. The number of hydrogen-bond donors (Lipinski definition) is 0. The molecule has 23 heavy (non-hydrogen) atoms. The smallest absolute Gasteiger partial charge is 0.0717 e. The zero-order chi connectivity index (χ0) is 16.3. The predicted molar refractivity (Wildman–Crippen MR) is 99.7 cm³/mol. The van der Waals surface area contributed by atoms with Gasteiger partial charge in [-0.25, -0.2) is 0 Å². The molecule has 0 atom stereocenters. The minimum absolute atomic E-state index is 0.711. The Morgan fingerprint density at radius 2 is 1.83 bits per heavy atom. The molecule has 1 saturated carbocycles. The summed E-state index contributed by atoms with van der Waals surface area (Å²) in [5, 5.41) is 0. The Balaban J connectivity index is 1.76. The first-order valence-electron chi connectivity index (χ1n) is 9.27. The van der Waals surface area contributed by atoms with Gasteiger partial charge in [0.2, 0.25) is 0 Å². The zero-order valence-electron chi connectivity index (χ0n) is 14.7. The van der Waals surface area contributed by atoms with Crippen LogP contribution in [0.5, 0.6) is 0 Å². The summed E-state index contributed by atoms with van der Waals surface area (Å²) in [6.07, 6.45) is 15.5. The second-order valence-electron chi connectivity index (χ2n) is 6.70. The Morgan fingerprint density at radius 1 is 1.09 bits per heavy atom. The van der Waals surface area contributed by atoms with Crippen LogP contribution in [-0.4, -0.2) is 6.61 Å². The van der Waals surface area contributed by atoms with E-state index in [1.807, 2.05) is 6.08 Å². The van der Waals surface area contributed by atoms with E-state index in [4.69, 9.17) is 4.74 Å². The molecular weight excluding hydrogens is 280 g/mol. The van der Waals surface area contributed by atoms with Gasteiger partial charge >= 0.3 is 0 Å². The van der Waals surface area contributed by atoms with Crippen LogP contribution >= 0.6 is 0 Å². The summed E-state index contributed by atoms with van der Waals surface area (Å²) in [6.45, 7) is 7.43. The van der Waals surface area contributed by atoms with Gasteiger partial charge in [0, 0.05) is 0 Å². The lowest BCUT2D eigenvalue weighted by Gasteiger charge is -2.27. The number of ether oxygens (including phenoxy) is 1. The van der Waals surface area contributed by atoms with Crippen LogP contribution in [0, 0.1) is 5.92 Å². The van der Waals surface area contributed by atoms with Gasteiger partial charge in [-0.05, 0) is 61.5 Å². The molecular formula is C22H32O. The highest BCUT2D eigenvalue weighted by atomic mass is 16.5. The number of unbranched alkanes of at least 4 members (excludes halogenated alkanes) is 1. The van der Waals surface area contributed by atoms with Crippen molar-refractivity contribution in [3.05, 3.63) is 60.2 Å². The number of allylic oxidation sites excluding steroid dienone is 2. The molecule has 0 aliphatic heterocycles. The molecule has 0 saturated heterocycles. The molecule has 0 N–H and O–H groups in total. The molecule has 0 unspecified atom stereocenters. The third kappa shape index (κ3) is 6.35. The molecule has 0 aromatic heterocycles. The van der Waals surface area contributed by atoms with Crippen molar-refractivity contribution < 1.29 is 4.74 Å². The zero-order valence-corrected chi connectivity index (χ0v) is 14.7. The van der Waals surface area contributed by atoms with E-state index in [0.29, 0.717) is 6.61 Å². The van der Waals surface area contributed by atoms with Gasteiger partial charge in [-0.1, -0.05) is 55.8 Å². The number of benzene rings is 1. The van der Waals surface area contributed by atoms with E-state index >= 15 is 0 Å². The van der Waals surface area contributed by atoms with Crippen LogP contribution in [0.2, 0.25) is 0 Å². The maximum atomic E-state index is 5.63. The maximum absolute atomic E-state index is 5.63. The van der Waals surface area contributed by atoms with E-state index in [0.717, 1.165) is 24.9 Å². The first-order chi connectivity index (χ1) is 11.3. The highest BCUT2D eigenvalue weighted by Crippen LogP contribution is 2.36. The summed E-state index contributed by atoms with van der Waals surface area (Å²) in [6, 6.07) is 9.08. The fourth-order valence-electron chi connectivity index (χ4n) is 3.34. The lowest BCUT2D eigenvalue weighted by molar-refractivity contribution is 0.125. The van der Waals surface area contributed by atoms with E-state index in [1.165, 1.54) is 49.7 Å². The van der Waals surface area contributed by atoms with Crippen molar-refractivity contribution in [3.8, 4) is 0 Å². The third-order valence-electron chi connectivity index (χ3n) is 4.82. The van der Waals surface area contributed by atoms with E-state index < -0.39 is 0 Å². The average Bonchev–Trinajstić information content (AvgIpc) is 2.60. The van der Waals surface area contributed by atoms with Crippen LogP contribution in [0.25, 0.3) is 0 Å². The molecule has 2 rings (SSSR count).